The Balaban J connectivity index is 1.35. The molecular weight excluding hydrogens is 491 g/mol. The fourth-order valence-corrected chi connectivity index (χ4v) is 4.90. The molecule has 1 aliphatic rings. The maximum Gasteiger partial charge on any atom is 0.416 e. The van der Waals surface area contributed by atoms with Crippen molar-refractivity contribution in [2.24, 2.45) is 0 Å². The maximum absolute atomic E-state index is 13.0. The van der Waals surface area contributed by atoms with Crippen molar-refractivity contribution in [3.63, 3.8) is 0 Å². The molecule has 0 spiro atoms. The summed E-state index contributed by atoms with van der Waals surface area (Å²) in [6, 6.07) is 22.0. The minimum atomic E-state index is -4.43. The Bertz CT molecular complexity index is 1240. The molecule has 1 heterocycles. The summed E-state index contributed by atoms with van der Waals surface area (Å²) in [4.78, 5) is 28.1. The molecule has 1 saturated heterocycles. The average molecular weight is 524 g/mol. The molecule has 1 fully saturated rings. The summed E-state index contributed by atoms with van der Waals surface area (Å²) >= 11 is 0. The molecule has 0 saturated carbocycles. The van der Waals surface area contributed by atoms with Gasteiger partial charge in [0.05, 0.1) is 17.0 Å². The monoisotopic (exact) mass is 523 g/mol. The lowest BCUT2D eigenvalue weighted by molar-refractivity contribution is -0.137. The van der Waals surface area contributed by atoms with E-state index in [-0.39, 0.29) is 30.3 Å². The van der Waals surface area contributed by atoms with Gasteiger partial charge in [-0.05, 0) is 54.7 Å². The molecule has 8 heteroatoms. The van der Waals surface area contributed by atoms with Crippen LogP contribution in [0.2, 0.25) is 0 Å². The second-order valence-corrected chi connectivity index (χ2v) is 9.54. The number of alkyl halides is 3. The first kappa shape index (κ1) is 27.2. The third-order valence-electron chi connectivity index (χ3n) is 6.96. The zero-order valence-corrected chi connectivity index (χ0v) is 21.3. The summed E-state index contributed by atoms with van der Waals surface area (Å²) in [5.41, 5.74) is 1.89. The van der Waals surface area contributed by atoms with Gasteiger partial charge in [-0.1, -0.05) is 61.5 Å². The number of carbonyl (C=O) groups is 2. The molecule has 3 aromatic rings. The Kier molecular flexibility index (Phi) is 8.71. The molecule has 0 aliphatic carbocycles. The fraction of sp³-hybridized carbons (Fsp3) is 0.333. The van der Waals surface area contributed by atoms with Gasteiger partial charge in [0.1, 0.15) is 0 Å². The number of para-hydroxylation sites is 1. The van der Waals surface area contributed by atoms with E-state index in [0.29, 0.717) is 24.2 Å². The molecule has 2 N–H and O–H groups in total. The first-order valence-corrected chi connectivity index (χ1v) is 12.9. The van der Waals surface area contributed by atoms with Crippen molar-refractivity contribution >= 4 is 17.5 Å². The molecule has 3 aromatic carbocycles. The van der Waals surface area contributed by atoms with Crippen LogP contribution in [-0.2, 0) is 17.5 Å². The summed E-state index contributed by atoms with van der Waals surface area (Å²) in [5.74, 6) is -0.496. The second kappa shape index (κ2) is 12.2. The number of anilines is 1. The molecule has 1 atom stereocenters. The second-order valence-electron chi connectivity index (χ2n) is 9.54. The van der Waals surface area contributed by atoms with Crippen LogP contribution < -0.4 is 15.5 Å². The molecule has 0 radical (unpaired) electrons. The standard InChI is InChI=1S/C30H32F3N3O2/c1-2-25(22-10-4-3-5-11-22)29(38)35-24-15-17-36(18-16-24)27-14-7-6-13-26(27)28(37)34-20-21-9-8-12-23(19-21)30(31,32)33/h3-14,19,24-25H,2,15-18,20H2,1H3,(H,34,37)(H,35,38)/t25-/m0/s1. The third-order valence-corrected chi connectivity index (χ3v) is 6.96. The van der Waals surface area contributed by atoms with Crippen LogP contribution in [0, 0.1) is 0 Å². The minimum absolute atomic E-state index is 0.00873. The van der Waals surface area contributed by atoms with Crippen molar-refractivity contribution in [3.8, 4) is 0 Å². The highest BCUT2D eigenvalue weighted by atomic mass is 19.4. The Morgan fingerprint density at radius 3 is 2.32 bits per heavy atom. The number of nitrogens with zero attached hydrogens (tertiary/aromatic N) is 1. The lowest BCUT2D eigenvalue weighted by atomic mass is 9.94. The Hall–Kier alpha value is -3.81. The summed E-state index contributed by atoms with van der Waals surface area (Å²) in [6.07, 6.45) is -2.22. The molecule has 38 heavy (non-hydrogen) atoms. The number of nitrogens with one attached hydrogen (secondary N) is 2. The molecule has 2 amide bonds. The van der Waals surface area contributed by atoms with Gasteiger partial charge in [-0.15, -0.1) is 0 Å². The first-order valence-electron chi connectivity index (χ1n) is 12.9. The molecule has 4 rings (SSSR count). The van der Waals surface area contributed by atoms with E-state index in [4.69, 9.17) is 0 Å². The first-order chi connectivity index (χ1) is 18.3. The summed E-state index contributed by atoms with van der Waals surface area (Å²) in [7, 11) is 0. The third kappa shape index (κ3) is 6.73. The summed E-state index contributed by atoms with van der Waals surface area (Å²) in [6.45, 7) is 3.34. The zero-order valence-electron chi connectivity index (χ0n) is 21.3. The van der Waals surface area contributed by atoms with Crippen LogP contribution in [0.1, 0.15) is 59.2 Å². The van der Waals surface area contributed by atoms with E-state index in [1.54, 1.807) is 18.2 Å². The molecular formula is C30H32F3N3O2. The van der Waals surface area contributed by atoms with E-state index in [1.807, 2.05) is 49.4 Å². The van der Waals surface area contributed by atoms with Crippen molar-refractivity contribution in [1.82, 2.24) is 10.6 Å². The van der Waals surface area contributed by atoms with Crippen LogP contribution >= 0.6 is 0 Å². The van der Waals surface area contributed by atoms with Gasteiger partial charge in [-0.25, -0.2) is 0 Å². The largest absolute Gasteiger partial charge is 0.416 e. The van der Waals surface area contributed by atoms with Crippen LogP contribution in [0.4, 0.5) is 18.9 Å². The normalized spacial score (nSPS) is 15.1. The number of benzene rings is 3. The number of carbonyl (C=O) groups excluding carboxylic acids is 2. The number of piperidine rings is 1. The van der Waals surface area contributed by atoms with Gasteiger partial charge in [0.2, 0.25) is 5.91 Å². The van der Waals surface area contributed by atoms with E-state index >= 15 is 0 Å². The van der Waals surface area contributed by atoms with Gasteiger partial charge < -0.3 is 15.5 Å². The molecule has 5 nitrogen and oxygen atoms in total. The van der Waals surface area contributed by atoms with Crippen molar-refractivity contribution in [3.05, 3.63) is 101 Å². The Labute approximate surface area is 221 Å². The molecule has 0 unspecified atom stereocenters. The average Bonchev–Trinajstić information content (AvgIpc) is 2.93. The molecule has 200 valence electrons. The SMILES string of the molecule is CC[C@H](C(=O)NC1CCN(c2ccccc2C(=O)NCc2cccc(C(F)(F)F)c2)CC1)c1ccccc1. The Morgan fingerprint density at radius 2 is 1.63 bits per heavy atom. The van der Waals surface area contributed by atoms with Gasteiger partial charge in [0.25, 0.3) is 5.91 Å². The van der Waals surface area contributed by atoms with E-state index in [0.717, 1.165) is 42.6 Å². The molecule has 1 aliphatic heterocycles. The van der Waals surface area contributed by atoms with Gasteiger partial charge in [0, 0.05) is 31.4 Å². The van der Waals surface area contributed by atoms with Gasteiger partial charge >= 0.3 is 6.18 Å². The van der Waals surface area contributed by atoms with Crippen molar-refractivity contribution in [2.75, 3.05) is 18.0 Å². The predicted molar refractivity (Wildman–Crippen MR) is 142 cm³/mol. The highest BCUT2D eigenvalue weighted by Gasteiger charge is 2.30. The lowest BCUT2D eigenvalue weighted by Crippen LogP contribution is -2.46. The number of hydrogen-bond acceptors (Lipinski definition) is 3. The highest BCUT2D eigenvalue weighted by molar-refractivity contribution is 5.99. The number of rotatable bonds is 8. The molecule has 0 aromatic heterocycles. The van der Waals surface area contributed by atoms with Gasteiger partial charge in [-0.3, -0.25) is 9.59 Å². The van der Waals surface area contributed by atoms with Crippen LogP contribution in [0.25, 0.3) is 0 Å². The van der Waals surface area contributed by atoms with Gasteiger partial charge in [0.15, 0.2) is 0 Å². The topological polar surface area (TPSA) is 61.4 Å². The van der Waals surface area contributed by atoms with E-state index in [1.165, 1.54) is 6.07 Å². The predicted octanol–water partition coefficient (Wildman–Crippen LogP) is 5.91. The lowest BCUT2D eigenvalue weighted by Gasteiger charge is -2.35. The number of halogens is 3. The van der Waals surface area contributed by atoms with Crippen LogP contribution in [0.3, 0.4) is 0 Å². The van der Waals surface area contributed by atoms with Crippen molar-refractivity contribution in [1.29, 1.82) is 0 Å². The molecule has 0 bridgehead atoms. The van der Waals surface area contributed by atoms with E-state index in [2.05, 4.69) is 15.5 Å². The van der Waals surface area contributed by atoms with Gasteiger partial charge in [-0.2, -0.15) is 13.2 Å². The highest BCUT2D eigenvalue weighted by Crippen LogP contribution is 2.30. The van der Waals surface area contributed by atoms with E-state index < -0.39 is 11.7 Å². The smallest absolute Gasteiger partial charge is 0.371 e. The Morgan fingerprint density at radius 1 is 0.947 bits per heavy atom. The number of amides is 2. The minimum Gasteiger partial charge on any atom is -0.371 e. The van der Waals surface area contributed by atoms with Crippen LogP contribution in [0.5, 0.6) is 0 Å². The zero-order chi connectivity index (χ0) is 27.1. The summed E-state index contributed by atoms with van der Waals surface area (Å²) in [5, 5.41) is 5.96. The van der Waals surface area contributed by atoms with Crippen molar-refractivity contribution < 1.29 is 22.8 Å². The van der Waals surface area contributed by atoms with E-state index in [9.17, 15) is 22.8 Å². The van der Waals surface area contributed by atoms with Crippen LogP contribution in [0.15, 0.2) is 78.9 Å². The van der Waals surface area contributed by atoms with Crippen LogP contribution in [-0.4, -0.2) is 30.9 Å². The maximum atomic E-state index is 13.0. The summed E-state index contributed by atoms with van der Waals surface area (Å²) < 4.78 is 39.0. The quantitative estimate of drug-likeness (QED) is 0.386. The number of hydrogen-bond donors (Lipinski definition) is 2. The fourth-order valence-electron chi connectivity index (χ4n) is 4.90. The van der Waals surface area contributed by atoms with Crippen molar-refractivity contribution in [2.45, 2.75) is 50.9 Å².